The molecular weight excluding hydrogens is 479 g/mol. The Balaban J connectivity index is 0.00000300. The standard InChI is InChI=1S/C21H32N6O.HI/c1-21(2,27-9-11-28-12-10-27)16-25-20(22-3)24-14-18-5-4-6-19(13-18)15-26-8-7-23-17-26;/h4-8,13,17H,9-12,14-16H2,1-3H3,(H2,22,24,25);1H. The number of aliphatic imine (C=N–C) groups is 1. The minimum atomic E-state index is 0. The summed E-state index contributed by atoms with van der Waals surface area (Å²) >= 11 is 0. The lowest BCUT2D eigenvalue weighted by Crippen LogP contribution is -2.56. The topological polar surface area (TPSA) is 66.7 Å². The molecule has 160 valence electrons. The van der Waals surface area contributed by atoms with Crippen molar-refractivity contribution in [3.63, 3.8) is 0 Å². The maximum atomic E-state index is 5.47. The number of aromatic nitrogens is 2. The molecule has 0 spiro atoms. The van der Waals surface area contributed by atoms with E-state index in [1.54, 1.807) is 6.20 Å². The Bertz CT molecular complexity index is 756. The van der Waals surface area contributed by atoms with Crippen LogP contribution in [-0.2, 0) is 17.8 Å². The molecule has 2 N–H and O–H groups in total. The zero-order chi connectivity index (χ0) is 19.8. The Morgan fingerprint density at radius 3 is 2.66 bits per heavy atom. The Kier molecular flexibility index (Phi) is 9.38. The number of rotatable bonds is 7. The van der Waals surface area contributed by atoms with Crippen LogP contribution in [0.5, 0.6) is 0 Å². The van der Waals surface area contributed by atoms with Gasteiger partial charge in [0.2, 0.25) is 0 Å². The number of imidazole rings is 1. The number of halogens is 1. The first-order valence-corrected chi connectivity index (χ1v) is 9.88. The molecule has 7 nitrogen and oxygen atoms in total. The Hall–Kier alpha value is -1.65. The van der Waals surface area contributed by atoms with Gasteiger partial charge < -0.3 is 19.9 Å². The normalized spacial score (nSPS) is 15.6. The molecule has 2 heterocycles. The van der Waals surface area contributed by atoms with Crippen LogP contribution in [0.15, 0.2) is 48.0 Å². The van der Waals surface area contributed by atoms with Crippen molar-refractivity contribution < 1.29 is 4.74 Å². The summed E-state index contributed by atoms with van der Waals surface area (Å²) in [4.78, 5) is 10.9. The lowest BCUT2D eigenvalue weighted by molar-refractivity contribution is -0.00834. The van der Waals surface area contributed by atoms with Gasteiger partial charge in [0.1, 0.15) is 0 Å². The molecule has 8 heteroatoms. The fourth-order valence-corrected chi connectivity index (χ4v) is 3.42. The van der Waals surface area contributed by atoms with Crippen molar-refractivity contribution in [2.45, 2.75) is 32.5 Å². The highest BCUT2D eigenvalue weighted by atomic mass is 127. The van der Waals surface area contributed by atoms with E-state index in [1.807, 2.05) is 19.6 Å². The molecule has 0 unspecified atom stereocenters. The van der Waals surface area contributed by atoms with Gasteiger partial charge >= 0.3 is 0 Å². The summed E-state index contributed by atoms with van der Waals surface area (Å²) in [5, 5.41) is 6.90. The first kappa shape index (κ1) is 23.6. The van der Waals surface area contributed by atoms with Gasteiger partial charge in [0, 0.05) is 57.7 Å². The predicted octanol–water partition coefficient (Wildman–Crippen LogP) is 2.33. The summed E-state index contributed by atoms with van der Waals surface area (Å²) in [7, 11) is 1.81. The van der Waals surface area contributed by atoms with Crippen molar-refractivity contribution in [3.8, 4) is 0 Å². The van der Waals surface area contributed by atoms with Gasteiger partial charge in [-0.1, -0.05) is 24.3 Å². The number of hydrogen-bond acceptors (Lipinski definition) is 4. The molecule has 0 radical (unpaired) electrons. The molecule has 3 rings (SSSR count). The van der Waals surface area contributed by atoms with Crippen molar-refractivity contribution in [1.82, 2.24) is 25.1 Å². The highest BCUT2D eigenvalue weighted by Gasteiger charge is 2.28. The summed E-state index contributed by atoms with van der Waals surface area (Å²) in [6.07, 6.45) is 5.62. The molecule has 0 aliphatic carbocycles. The summed E-state index contributed by atoms with van der Waals surface area (Å²) in [5.41, 5.74) is 2.54. The molecule has 0 atom stereocenters. The molecule has 0 amide bonds. The quantitative estimate of drug-likeness (QED) is 0.339. The molecule has 1 saturated heterocycles. The lowest BCUT2D eigenvalue weighted by Gasteiger charge is -2.41. The second-order valence-corrected chi connectivity index (χ2v) is 7.75. The van der Waals surface area contributed by atoms with E-state index in [1.165, 1.54) is 11.1 Å². The Labute approximate surface area is 191 Å². The van der Waals surface area contributed by atoms with Gasteiger partial charge in [-0.05, 0) is 25.0 Å². The van der Waals surface area contributed by atoms with Gasteiger partial charge in [0.25, 0.3) is 0 Å². The summed E-state index contributed by atoms with van der Waals surface area (Å²) < 4.78 is 7.54. The van der Waals surface area contributed by atoms with Crippen molar-refractivity contribution in [2.24, 2.45) is 4.99 Å². The van der Waals surface area contributed by atoms with Crippen LogP contribution in [0, 0.1) is 0 Å². The second-order valence-electron chi connectivity index (χ2n) is 7.75. The smallest absolute Gasteiger partial charge is 0.191 e. The molecule has 1 aliphatic heterocycles. The summed E-state index contributed by atoms with van der Waals surface area (Å²) in [6, 6.07) is 8.59. The van der Waals surface area contributed by atoms with Gasteiger partial charge in [0.05, 0.1) is 19.5 Å². The molecule has 1 aromatic carbocycles. The summed E-state index contributed by atoms with van der Waals surface area (Å²) in [5.74, 6) is 0.821. The number of nitrogens with one attached hydrogen (secondary N) is 2. The number of morpholine rings is 1. The fraction of sp³-hybridized carbons (Fsp3) is 0.524. The summed E-state index contributed by atoms with van der Waals surface area (Å²) in [6.45, 7) is 10.5. The zero-order valence-electron chi connectivity index (χ0n) is 17.6. The molecule has 0 bridgehead atoms. The predicted molar refractivity (Wildman–Crippen MR) is 128 cm³/mol. The van der Waals surface area contributed by atoms with Crippen LogP contribution in [-0.4, -0.2) is 65.8 Å². The van der Waals surface area contributed by atoms with Crippen molar-refractivity contribution in [1.29, 1.82) is 0 Å². The minimum absolute atomic E-state index is 0. The molecule has 2 aromatic rings. The van der Waals surface area contributed by atoms with Gasteiger partial charge in [-0.2, -0.15) is 0 Å². The second kappa shape index (κ2) is 11.5. The van der Waals surface area contributed by atoms with E-state index in [9.17, 15) is 0 Å². The van der Waals surface area contributed by atoms with Crippen molar-refractivity contribution in [2.75, 3.05) is 39.9 Å². The van der Waals surface area contributed by atoms with Gasteiger partial charge in [0.15, 0.2) is 5.96 Å². The average Bonchev–Trinajstić information content (AvgIpc) is 3.22. The zero-order valence-corrected chi connectivity index (χ0v) is 19.9. The average molecular weight is 512 g/mol. The van der Waals surface area contributed by atoms with Crippen molar-refractivity contribution in [3.05, 3.63) is 54.1 Å². The molecule has 1 fully saturated rings. The highest BCUT2D eigenvalue weighted by molar-refractivity contribution is 14.0. The number of benzene rings is 1. The third-order valence-corrected chi connectivity index (χ3v) is 5.15. The first-order chi connectivity index (χ1) is 13.6. The van der Waals surface area contributed by atoms with E-state index < -0.39 is 0 Å². The van der Waals surface area contributed by atoms with Crippen LogP contribution in [0.3, 0.4) is 0 Å². The highest BCUT2D eigenvalue weighted by Crippen LogP contribution is 2.15. The fourth-order valence-electron chi connectivity index (χ4n) is 3.42. The van der Waals surface area contributed by atoms with Crippen LogP contribution >= 0.6 is 24.0 Å². The first-order valence-electron chi connectivity index (χ1n) is 9.88. The maximum Gasteiger partial charge on any atom is 0.191 e. The third kappa shape index (κ3) is 7.27. The number of ether oxygens (including phenoxy) is 1. The number of guanidine groups is 1. The maximum absolute atomic E-state index is 5.47. The van der Waals surface area contributed by atoms with Gasteiger partial charge in [-0.3, -0.25) is 9.89 Å². The van der Waals surface area contributed by atoms with Gasteiger partial charge in [-0.25, -0.2) is 4.98 Å². The molecule has 1 aromatic heterocycles. The van der Waals surface area contributed by atoms with Crippen molar-refractivity contribution >= 4 is 29.9 Å². The van der Waals surface area contributed by atoms with E-state index in [2.05, 4.69) is 68.2 Å². The largest absolute Gasteiger partial charge is 0.379 e. The number of hydrogen-bond donors (Lipinski definition) is 2. The molecular formula is C21H33IN6O. The van der Waals surface area contributed by atoms with E-state index in [-0.39, 0.29) is 29.5 Å². The monoisotopic (exact) mass is 512 g/mol. The molecule has 0 saturated carbocycles. The Morgan fingerprint density at radius 1 is 1.21 bits per heavy atom. The minimum Gasteiger partial charge on any atom is -0.379 e. The molecule has 29 heavy (non-hydrogen) atoms. The molecule has 1 aliphatic rings. The van der Waals surface area contributed by atoms with E-state index in [4.69, 9.17) is 4.74 Å². The van der Waals surface area contributed by atoms with Crippen LogP contribution in [0.4, 0.5) is 0 Å². The van der Waals surface area contributed by atoms with Crippen LogP contribution in [0.25, 0.3) is 0 Å². The van der Waals surface area contributed by atoms with Crippen LogP contribution in [0.2, 0.25) is 0 Å². The Morgan fingerprint density at radius 2 is 1.97 bits per heavy atom. The SMILES string of the molecule is CN=C(NCc1cccc(Cn2ccnc2)c1)NCC(C)(C)N1CCOCC1.I. The van der Waals surface area contributed by atoms with Crippen LogP contribution < -0.4 is 10.6 Å². The van der Waals surface area contributed by atoms with E-state index in [0.29, 0.717) is 0 Å². The van der Waals surface area contributed by atoms with E-state index >= 15 is 0 Å². The number of nitrogens with zero attached hydrogens (tertiary/aromatic N) is 4. The lowest BCUT2D eigenvalue weighted by atomic mass is 10.0. The van der Waals surface area contributed by atoms with Gasteiger partial charge in [-0.15, -0.1) is 24.0 Å². The third-order valence-electron chi connectivity index (χ3n) is 5.15. The van der Waals surface area contributed by atoms with E-state index in [0.717, 1.165) is 51.9 Å². The van der Waals surface area contributed by atoms with Crippen LogP contribution in [0.1, 0.15) is 25.0 Å².